The van der Waals surface area contributed by atoms with Gasteiger partial charge in [-0.3, -0.25) is 9.48 Å². The number of rotatable bonds is 4. The Labute approximate surface area is 136 Å². The third kappa shape index (κ3) is 3.54. The SMILES string of the molecule is CCOC(=O)[C@H]1CC[C@@H](n2ncc(C(=O)O)c2C(F)(F)F)C[C@H]1C. The first kappa shape index (κ1) is 18.3. The predicted octanol–water partition coefficient (Wildman–Crippen LogP) is 3.14. The first-order valence-corrected chi connectivity index (χ1v) is 7.71. The fourth-order valence-electron chi connectivity index (χ4n) is 3.27. The Morgan fingerprint density at radius 1 is 1.42 bits per heavy atom. The van der Waals surface area contributed by atoms with Crippen LogP contribution >= 0.6 is 0 Å². The molecule has 1 aromatic rings. The van der Waals surface area contributed by atoms with E-state index in [-0.39, 0.29) is 24.4 Å². The van der Waals surface area contributed by atoms with Gasteiger partial charge in [0.25, 0.3) is 0 Å². The number of hydrogen-bond donors (Lipinski definition) is 1. The molecule has 0 aromatic carbocycles. The molecule has 1 fully saturated rings. The van der Waals surface area contributed by atoms with Crippen LogP contribution in [-0.2, 0) is 15.7 Å². The highest BCUT2D eigenvalue weighted by molar-refractivity contribution is 5.88. The number of carboxylic acids is 1. The summed E-state index contributed by atoms with van der Waals surface area (Å²) in [5.74, 6) is -2.54. The van der Waals surface area contributed by atoms with E-state index < -0.39 is 29.4 Å². The van der Waals surface area contributed by atoms with Gasteiger partial charge in [-0.1, -0.05) is 6.92 Å². The molecule has 24 heavy (non-hydrogen) atoms. The van der Waals surface area contributed by atoms with E-state index in [9.17, 15) is 22.8 Å². The number of nitrogens with zero attached hydrogens (tertiary/aromatic N) is 2. The molecule has 0 radical (unpaired) electrons. The molecule has 1 aliphatic rings. The number of aromatic carboxylic acids is 1. The monoisotopic (exact) mass is 348 g/mol. The number of carbonyl (C=O) groups excluding carboxylic acids is 1. The summed E-state index contributed by atoms with van der Waals surface area (Å²) in [6.07, 6.45) is -3.10. The number of ether oxygens (including phenoxy) is 1. The lowest BCUT2D eigenvalue weighted by atomic mass is 9.78. The maximum Gasteiger partial charge on any atom is 0.433 e. The molecule has 1 heterocycles. The molecule has 0 saturated heterocycles. The van der Waals surface area contributed by atoms with Gasteiger partial charge in [-0.2, -0.15) is 18.3 Å². The first-order chi connectivity index (χ1) is 11.2. The second kappa shape index (κ2) is 6.82. The van der Waals surface area contributed by atoms with Gasteiger partial charge >= 0.3 is 18.1 Å². The van der Waals surface area contributed by atoms with Gasteiger partial charge < -0.3 is 9.84 Å². The second-order valence-corrected chi connectivity index (χ2v) is 5.96. The number of carbonyl (C=O) groups is 2. The summed E-state index contributed by atoms with van der Waals surface area (Å²) in [6, 6.07) is -0.601. The van der Waals surface area contributed by atoms with Crippen LogP contribution in [0.3, 0.4) is 0 Å². The van der Waals surface area contributed by atoms with Crippen molar-refractivity contribution in [3.8, 4) is 0 Å². The second-order valence-electron chi connectivity index (χ2n) is 5.96. The molecule has 0 aliphatic heterocycles. The normalized spacial score (nSPS) is 24.6. The molecule has 6 nitrogen and oxygen atoms in total. The van der Waals surface area contributed by atoms with Gasteiger partial charge in [0.1, 0.15) is 5.56 Å². The first-order valence-electron chi connectivity index (χ1n) is 7.71. The van der Waals surface area contributed by atoms with E-state index in [1.165, 1.54) is 0 Å². The summed E-state index contributed by atoms with van der Waals surface area (Å²) >= 11 is 0. The molecule has 134 valence electrons. The van der Waals surface area contributed by atoms with Crippen LogP contribution in [-0.4, -0.2) is 33.4 Å². The lowest BCUT2D eigenvalue weighted by molar-refractivity contribution is -0.153. The summed E-state index contributed by atoms with van der Waals surface area (Å²) in [5.41, 5.74) is -2.11. The Kier molecular flexibility index (Phi) is 5.19. The van der Waals surface area contributed by atoms with Gasteiger partial charge in [-0.05, 0) is 32.1 Å². The van der Waals surface area contributed by atoms with Crippen molar-refractivity contribution in [3.05, 3.63) is 17.5 Å². The Hall–Kier alpha value is -2.06. The molecule has 0 unspecified atom stereocenters. The molecule has 1 aromatic heterocycles. The summed E-state index contributed by atoms with van der Waals surface area (Å²) < 4.78 is 45.5. The van der Waals surface area contributed by atoms with E-state index in [2.05, 4.69) is 5.10 Å². The molecule has 0 spiro atoms. The number of esters is 1. The lowest BCUT2D eigenvalue weighted by Crippen LogP contribution is -2.33. The van der Waals surface area contributed by atoms with Gasteiger partial charge in [-0.15, -0.1) is 0 Å². The highest BCUT2D eigenvalue weighted by Gasteiger charge is 2.43. The van der Waals surface area contributed by atoms with E-state index in [0.29, 0.717) is 19.3 Å². The highest BCUT2D eigenvalue weighted by atomic mass is 19.4. The average Bonchev–Trinajstić information content (AvgIpc) is 2.92. The van der Waals surface area contributed by atoms with Gasteiger partial charge in [0.2, 0.25) is 0 Å². The lowest BCUT2D eigenvalue weighted by Gasteiger charge is -2.33. The molecule has 1 saturated carbocycles. The zero-order valence-corrected chi connectivity index (χ0v) is 13.3. The van der Waals surface area contributed by atoms with Crippen LogP contribution in [0.25, 0.3) is 0 Å². The Balaban J connectivity index is 2.26. The molecule has 1 N–H and O–H groups in total. The minimum atomic E-state index is -4.81. The Bertz CT molecular complexity index is 627. The molecule has 9 heteroatoms. The maximum atomic E-state index is 13.3. The minimum absolute atomic E-state index is 0.179. The standard InChI is InChI=1S/C15H19F3N2O4/c1-3-24-14(23)10-5-4-9(6-8(10)2)20-12(15(16,17)18)11(7-19-20)13(21)22/h7-10H,3-6H2,1-2H3,(H,21,22)/t8-,9-,10+/m1/s1. The van der Waals surface area contributed by atoms with Crippen molar-refractivity contribution in [1.29, 1.82) is 0 Å². The van der Waals surface area contributed by atoms with E-state index in [1.54, 1.807) is 13.8 Å². The van der Waals surface area contributed by atoms with Crippen molar-refractivity contribution in [1.82, 2.24) is 9.78 Å². The van der Waals surface area contributed by atoms with E-state index in [0.717, 1.165) is 10.9 Å². The number of halogens is 3. The van der Waals surface area contributed by atoms with Crippen LogP contribution in [0, 0.1) is 11.8 Å². The van der Waals surface area contributed by atoms with Gasteiger partial charge in [-0.25, -0.2) is 4.79 Å². The zero-order chi connectivity index (χ0) is 18.1. The summed E-state index contributed by atoms with van der Waals surface area (Å²) in [7, 11) is 0. The van der Waals surface area contributed by atoms with E-state index in [4.69, 9.17) is 9.84 Å². The smallest absolute Gasteiger partial charge is 0.433 e. The van der Waals surface area contributed by atoms with Crippen molar-refractivity contribution in [2.75, 3.05) is 6.61 Å². The largest absolute Gasteiger partial charge is 0.478 e. The number of aromatic nitrogens is 2. The molecule has 3 atom stereocenters. The van der Waals surface area contributed by atoms with Gasteiger partial charge in [0.15, 0.2) is 5.69 Å². The van der Waals surface area contributed by atoms with E-state index in [1.807, 2.05) is 0 Å². The topological polar surface area (TPSA) is 81.4 Å². The van der Waals surface area contributed by atoms with Crippen molar-refractivity contribution in [3.63, 3.8) is 0 Å². The summed E-state index contributed by atoms with van der Waals surface area (Å²) in [5, 5.41) is 12.6. The minimum Gasteiger partial charge on any atom is -0.478 e. The van der Waals surface area contributed by atoms with Gasteiger partial charge in [0, 0.05) is 0 Å². The van der Waals surface area contributed by atoms with Gasteiger partial charge in [0.05, 0.1) is 24.8 Å². The number of alkyl halides is 3. The van der Waals surface area contributed by atoms with E-state index >= 15 is 0 Å². The quantitative estimate of drug-likeness (QED) is 0.846. The molecule has 2 rings (SSSR count). The van der Waals surface area contributed by atoms with Crippen LogP contribution in [0.2, 0.25) is 0 Å². The van der Waals surface area contributed by atoms with Crippen molar-refractivity contribution < 1.29 is 32.6 Å². The third-order valence-corrected chi connectivity index (χ3v) is 4.37. The summed E-state index contributed by atoms with van der Waals surface area (Å²) in [6.45, 7) is 3.73. The zero-order valence-electron chi connectivity index (χ0n) is 13.3. The van der Waals surface area contributed by atoms with Crippen LogP contribution in [0.1, 0.15) is 55.2 Å². The Morgan fingerprint density at radius 3 is 2.58 bits per heavy atom. The van der Waals surface area contributed by atoms with Crippen molar-refractivity contribution >= 4 is 11.9 Å². The molecule has 0 amide bonds. The molecule has 0 bridgehead atoms. The van der Waals surface area contributed by atoms with Crippen LogP contribution in [0.5, 0.6) is 0 Å². The van der Waals surface area contributed by atoms with Crippen LogP contribution < -0.4 is 0 Å². The number of hydrogen-bond acceptors (Lipinski definition) is 4. The molecular formula is C15H19F3N2O4. The fraction of sp³-hybridized carbons (Fsp3) is 0.667. The highest BCUT2D eigenvalue weighted by Crippen LogP contribution is 2.41. The third-order valence-electron chi connectivity index (χ3n) is 4.37. The van der Waals surface area contributed by atoms with Crippen molar-refractivity contribution in [2.24, 2.45) is 11.8 Å². The molecular weight excluding hydrogens is 329 g/mol. The maximum absolute atomic E-state index is 13.3. The Morgan fingerprint density at radius 2 is 2.08 bits per heavy atom. The summed E-state index contributed by atoms with van der Waals surface area (Å²) in [4.78, 5) is 22.9. The van der Waals surface area contributed by atoms with Crippen LogP contribution in [0.15, 0.2) is 6.20 Å². The van der Waals surface area contributed by atoms with Crippen molar-refractivity contribution in [2.45, 2.75) is 45.3 Å². The fourth-order valence-corrected chi connectivity index (χ4v) is 3.27. The van der Waals surface area contributed by atoms with Crippen LogP contribution in [0.4, 0.5) is 13.2 Å². The number of carboxylic acid groups (broad SMARTS) is 1. The predicted molar refractivity (Wildman–Crippen MR) is 76.4 cm³/mol. The molecule has 1 aliphatic carbocycles. The average molecular weight is 348 g/mol.